The van der Waals surface area contributed by atoms with Crippen LogP contribution >= 0.6 is 11.6 Å². The molecule has 2 fully saturated rings. The third kappa shape index (κ3) is 2.61. The number of rotatable bonds is 3. The van der Waals surface area contributed by atoms with E-state index in [-0.39, 0.29) is 5.75 Å². The number of phenols is 1. The highest BCUT2D eigenvalue weighted by molar-refractivity contribution is 6.30. The first-order valence-corrected chi connectivity index (χ1v) is 7.86. The molecule has 2 atom stereocenters. The third-order valence-electron chi connectivity index (χ3n) is 4.84. The molecule has 2 aliphatic rings. The van der Waals surface area contributed by atoms with Gasteiger partial charge >= 0.3 is 0 Å². The fourth-order valence-electron chi connectivity index (χ4n) is 3.82. The van der Waals surface area contributed by atoms with Gasteiger partial charge in [-0.25, -0.2) is 0 Å². The van der Waals surface area contributed by atoms with Crippen molar-refractivity contribution in [2.75, 3.05) is 13.7 Å². The predicted octanol–water partition coefficient (Wildman–Crippen LogP) is 3.82. The van der Waals surface area contributed by atoms with E-state index in [1.807, 2.05) is 6.07 Å². The zero-order valence-electron chi connectivity index (χ0n) is 11.9. The number of hydrogen-bond donors (Lipinski definition) is 1. The highest BCUT2D eigenvalue weighted by atomic mass is 35.5. The molecule has 3 rings (SSSR count). The van der Waals surface area contributed by atoms with Gasteiger partial charge in [-0.1, -0.05) is 24.4 Å². The van der Waals surface area contributed by atoms with Gasteiger partial charge in [0.15, 0.2) is 11.5 Å². The maximum absolute atomic E-state index is 10.3. The number of phenolic OH excluding ortho intramolecular Hbond substituents is 1. The standard InChI is InChI=1S/C16H22ClNO2/c1-20-15-9-13(17)8-12(16(15)19)10-18-7-6-11-4-2-3-5-14(11)18/h8-9,11,14,19H,2-7,10H2,1H3. The lowest BCUT2D eigenvalue weighted by Crippen LogP contribution is -2.34. The van der Waals surface area contributed by atoms with Gasteiger partial charge in [0.2, 0.25) is 0 Å². The summed E-state index contributed by atoms with van der Waals surface area (Å²) in [4.78, 5) is 2.51. The number of benzene rings is 1. The van der Waals surface area contributed by atoms with Gasteiger partial charge in [0, 0.05) is 29.2 Å². The molecule has 0 radical (unpaired) electrons. The Bertz CT molecular complexity index is 492. The summed E-state index contributed by atoms with van der Waals surface area (Å²) >= 11 is 6.11. The van der Waals surface area contributed by atoms with Crippen LogP contribution in [-0.2, 0) is 6.54 Å². The minimum absolute atomic E-state index is 0.233. The van der Waals surface area contributed by atoms with Crippen molar-refractivity contribution in [3.63, 3.8) is 0 Å². The van der Waals surface area contributed by atoms with Gasteiger partial charge in [0.05, 0.1) is 7.11 Å². The number of halogens is 1. The summed E-state index contributed by atoms with van der Waals surface area (Å²) < 4.78 is 5.18. The molecule has 1 aliphatic carbocycles. The van der Waals surface area contributed by atoms with E-state index in [1.165, 1.54) is 32.1 Å². The number of aromatic hydroxyl groups is 1. The predicted molar refractivity (Wildman–Crippen MR) is 80.4 cm³/mol. The second-order valence-electron chi connectivity index (χ2n) is 5.99. The zero-order chi connectivity index (χ0) is 14.1. The van der Waals surface area contributed by atoms with E-state index in [4.69, 9.17) is 16.3 Å². The molecule has 0 bridgehead atoms. The first-order valence-electron chi connectivity index (χ1n) is 7.48. The van der Waals surface area contributed by atoms with Gasteiger partial charge in [-0.15, -0.1) is 0 Å². The number of fused-ring (bicyclic) bond motifs is 1. The second-order valence-corrected chi connectivity index (χ2v) is 6.42. The third-order valence-corrected chi connectivity index (χ3v) is 5.06. The Balaban J connectivity index is 1.79. The molecule has 0 spiro atoms. The van der Waals surface area contributed by atoms with Gasteiger partial charge in [-0.2, -0.15) is 0 Å². The normalized spacial score (nSPS) is 26.5. The lowest BCUT2D eigenvalue weighted by molar-refractivity contribution is 0.174. The molecule has 0 amide bonds. The van der Waals surface area contributed by atoms with Crippen molar-refractivity contribution in [1.82, 2.24) is 4.90 Å². The molecule has 110 valence electrons. The van der Waals surface area contributed by atoms with Crippen molar-refractivity contribution in [1.29, 1.82) is 0 Å². The SMILES string of the molecule is COc1cc(Cl)cc(CN2CCC3CCCCC32)c1O. The summed E-state index contributed by atoms with van der Waals surface area (Å²) in [5.74, 6) is 1.55. The molecule has 1 aliphatic heterocycles. The van der Waals surface area contributed by atoms with E-state index < -0.39 is 0 Å². The Labute approximate surface area is 125 Å². The number of nitrogens with zero attached hydrogens (tertiary/aromatic N) is 1. The van der Waals surface area contributed by atoms with Gasteiger partial charge < -0.3 is 9.84 Å². The molecule has 20 heavy (non-hydrogen) atoms. The number of ether oxygens (including phenoxy) is 1. The van der Waals surface area contributed by atoms with Crippen molar-refractivity contribution >= 4 is 11.6 Å². The smallest absolute Gasteiger partial charge is 0.162 e. The molecule has 1 saturated carbocycles. The molecule has 1 aromatic carbocycles. The van der Waals surface area contributed by atoms with E-state index in [1.54, 1.807) is 13.2 Å². The molecule has 1 saturated heterocycles. The molecule has 1 N–H and O–H groups in total. The summed E-state index contributed by atoms with van der Waals surface area (Å²) in [6.45, 7) is 1.90. The van der Waals surface area contributed by atoms with Gasteiger partial charge in [-0.05, 0) is 37.8 Å². The Morgan fingerprint density at radius 2 is 2.10 bits per heavy atom. The van der Waals surface area contributed by atoms with Crippen LogP contribution in [0.25, 0.3) is 0 Å². The van der Waals surface area contributed by atoms with Gasteiger partial charge in [0.25, 0.3) is 0 Å². The van der Waals surface area contributed by atoms with Crippen LogP contribution in [0.1, 0.15) is 37.7 Å². The van der Waals surface area contributed by atoms with Crippen LogP contribution < -0.4 is 4.74 Å². The summed E-state index contributed by atoms with van der Waals surface area (Å²) in [5, 5.41) is 10.9. The Hall–Kier alpha value is -0.930. The molecule has 2 unspecified atom stereocenters. The number of likely N-dealkylation sites (tertiary alicyclic amines) is 1. The maximum Gasteiger partial charge on any atom is 0.162 e. The number of hydrogen-bond acceptors (Lipinski definition) is 3. The van der Waals surface area contributed by atoms with E-state index in [0.29, 0.717) is 16.8 Å². The second kappa shape index (κ2) is 5.82. The Kier molecular flexibility index (Phi) is 4.08. The van der Waals surface area contributed by atoms with Gasteiger partial charge in [-0.3, -0.25) is 4.90 Å². The largest absolute Gasteiger partial charge is 0.504 e. The summed E-state index contributed by atoms with van der Waals surface area (Å²) in [6, 6.07) is 4.21. The molecule has 1 heterocycles. The van der Waals surface area contributed by atoms with Crippen LogP contribution in [-0.4, -0.2) is 29.7 Å². The topological polar surface area (TPSA) is 32.7 Å². The van der Waals surface area contributed by atoms with Gasteiger partial charge in [0.1, 0.15) is 0 Å². The highest BCUT2D eigenvalue weighted by Gasteiger charge is 2.35. The molecule has 4 heteroatoms. The summed E-state index contributed by atoms with van der Waals surface area (Å²) in [6.07, 6.45) is 6.67. The molecular formula is C16H22ClNO2. The lowest BCUT2D eigenvalue weighted by atomic mass is 9.85. The average molecular weight is 296 g/mol. The quantitative estimate of drug-likeness (QED) is 0.920. The van der Waals surface area contributed by atoms with Crippen molar-refractivity contribution in [2.24, 2.45) is 5.92 Å². The van der Waals surface area contributed by atoms with Crippen LogP contribution in [0, 0.1) is 5.92 Å². The van der Waals surface area contributed by atoms with Crippen LogP contribution in [0.4, 0.5) is 0 Å². The average Bonchev–Trinajstić information content (AvgIpc) is 2.86. The fraction of sp³-hybridized carbons (Fsp3) is 0.625. The van der Waals surface area contributed by atoms with Crippen molar-refractivity contribution in [2.45, 2.75) is 44.7 Å². The van der Waals surface area contributed by atoms with Crippen molar-refractivity contribution in [3.05, 3.63) is 22.7 Å². The maximum atomic E-state index is 10.3. The summed E-state index contributed by atoms with van der Waals surface area (Å²) in [5.41, 5.74) is 0.876. The Morgan fingerprint density at radius 3 is 2.90 bits per heavy atom. The van der Waals surface area contributed by atoms with E-state index >= 15 is 0 Å². The molecule has 1 aromatic rings. The van der Waals surface area contributed by atoms with Crippen LogP contribution in [0.3, 0.4) is 0 Å². The van der Waals surface area contributed by atoms with Crippen molar-refractivity contribution in [3.8, 4) is 11.5 Å². The van der Waals surface area contributed by atoms with E-state index in [0.717, 1.165) is 24.6 Å². The monoisotopic (exact) mass is 295 g/mol. The van der Waals surface area contributed by atoms with Crippen LogP contribution in [0.15, 0.2) is 12.1 Å². The first kappa shape index (κ1) is 14.0. The zero-order valence-corrected chi connectivity index (χ0v) is 12.7. The van der Waals surface area contributed by atoms with E-state index in [2.05, 4.69) is 4.90 Å². The number of methoxy groups -OCH3 is 1. The van der Waals surface area contributed by atoms with Crippen molar-refractivity contribution < 1.29 is 9.84 Å². The molecule has 0 aromatic heterocycles. The minimum atomic E-state index is 0.233. The summed E-state index contributed by atoms with van der Waals surface area (Å²) in [7, 11) is 1.56. The highest BCUT2D eigenvalue weighted by Crippen LogP contribution is 2.39. The lowest BCUT2D eigenvalue weighted by Gasteiger charge is -2.32. The van der Waals surface area contributed by atoms with E-state index in [9.17, 15) is 5.11 Å². The Morgan fingerprint density at radius 1 is 1.30 bits per heavy atom. The fourth-order valence-corrected chi connectivity index (χ4v) is 4.05. The van der Waals surface area contributed by atoms with Crippen LogP contribution in [0.5, 0.6) is 11.5 Å². The molecule has 3 nitrogen and oxygen atoms in total. The van der Waals surface area contributed by atoms with Crippen LogP contribution in [0.2, 0.25) is 5.02 Å². The first-order chi connectivity index (χ1) is 9.69. The molecular weight excluding hydrogens is 274 g/mol. The minimum Gasteiger partial charge on any atom is -0.504 e.